The van der Waals surface area contributed by atoms with Gasteiger partial charge in [-0.1, -0.05) is 47.1 Å². The van der Waals surface area contributed by atoms with Crippen LogP contribution in [-0.4, -0.2) is 15.9 Å². The summed E-state index contributed by atoms with van der Waals surface area (Å²) in [6.45, 7) is 3.98. The van der Waals surface area contributed by atoms with Crippen molar-refractivity contribution in [1.82, 2.24) is 9.66 Å². The van der Waals surface area contributed by atoms with Crippen molar-refractivity contribution in [2.75, 3.05) is 0 Å². The van der Waals surface area contributed by atoms with Crippen molar-refractivity contribution in [3.63, 3.8) is 0 Å². The van der Waals surface area contributed by atoms with Gasteiger partial charge in [0.05, 0.1) is 17.1 Å². The lowest BCUT2D eigenvalue weighted by Crippen LogP contribution is -2.22. The van der Waals surface area contributed by atoms with Gasteiger partial charge < -0.3 is 0 Å². The number of rotatable bonds is 3. The fourth-order valence-corrected chi connectivity index (χ4v) is 2.76. The summed E-state index contributed by atoms with van der Waals surface area (Å²) in [5.41, 5.74) is 2.63. The number of benzene rings is 2. The lowest BCUT2D eigenvalue weighted by molar-refractivity contribution is 0.734. The molecule has 3 rings (SSSR count). The van der Waals surface area contributed by atoms with Gasteiger partial charge in [-0.05, 0) is 36.2 Å². The molecule has 0 aliphatic carbocycles. The molecule has 116 valence electrons. The van der Waals surface area contributed by atoms with Crippen LogP contribution in [0.1, 0.15) is 23.9 Å². The van der Waals surface area contributed by atoms with Crippen molar-refractivity contribution in [1.29, 1.82) is 0 Å². The van der Waals surface area contributed by atoms with Crippen LogP contribution in [-0.2, 0) is 6.42 Å². The molecule has 3 aromatic rings. The molecule has 0 saturated carbocycles. The molecule has 4 nitrogen and oxygen atoms in total. The molecule has 0 atom stereocenters. The maximum Gasteiger partial charge on any atom is 0.282 e. The van der Waals surface area contributed by atoms with E-state index in [0.29, 0.717) is 23.1 Å². The molecule has 1 heterocycles. The van der Waals surface area contributed by atoms with E-state index in [4.69, 9.17) is 0 Å². The summed E-state index contributed by atoms with van der Waals surface area (Å²) in [5, 5.41) is 4.94. The molecule has 0 unspecified atom stereocenters. The number of hydrogen-bond donors (Lipinski definition) is 0. The summed E-state index contributed by atoms with van der Waals surface area (Å²) in [4.78, 5) is 17.3. The van der Waals surface area contributed by atoms with E-state index >= 15 is 0 Å². The summed E-state index contributed by atoms with van der Waals surface area (Å²) < 4.78 is 2.24. The summed E-state index contributed by atoms with van der Waals surface area (Å²) in [6, 6.07) is 13.4. The smallest absolute Gasteiger partial charge is 0.267 e. The number of nitrogens with zero attached hydrogens (tertiary/aromatic N) is 3. The molecule has 0 amide bonds. The summed E-state index contributed by atoms with van der Waals surface area (Å²) in [6.07, 6.45) is 2.34. The lowest BCUT2D eigenvalue weighted by Gasteiger charge is -2.08. The Hall–Kier alpha value is -2.27. The Morgan fingerprint density at radius 1 is 1.26 bits per heavy atom. The lowest BCUT2D eigenvalue weighted by atomic mass is 10.1. The highest BCUT2D eigenvalue weighted by Gasteiger charge is 2.09. The quantitative estimate of drug-likeness (QED) is 0.657. The first-order valence-electron chi connectivity index (χ1n) is 7.41. The van der Waals surface area contributed by atoms with Crippen molar-refractivity contribution >= 4 is 33.0 Å². The maximum absolute atomic E-state index is 12.8. The van der Waals surface area contributed by atoms with E-state index in [1.54, 1.807) is 12.3 Å². The van der Waals surface area contributed by atoms with E-state index in [1.165, 1.54) is 4.68 Å². The normalized spacial score (nSPS) is 11.4. The van der Waals surface area contributed by atoms with Gasteiger partial charge in [-0.15, -0.1) is 0 Å². The molecule has 0 saturated heterocycles. The second-order valence-corrected chi connectivity index (χ2v) is 6.18. The van der Waals surface area contributed by atoms with Crippen molar-refractivity contribution in [3.8, 4) is 0 Å². The van der Waals surface area contributed by atoms with Gasteiger partial charge in [0.2, 0.25) is 0 Å². The highest BCUT2D eigenvalue weighted by Crippen LogP contribution is 2.16. The van der Waals surface area contributed by atoms with Crippen LogP contribution in [0.15, 0.2) is 56.8 Å². The van der Waals surface area contributed by atoms with Gasteiger partial charge in [0, 0.05) is 10.9 Å². The molecule has 0 aliphatic rings. The van der Waals surface area contributed by atoms with Crippen molar-refractivity contribution < 1.29 is 0 Å². The molecule has 0 fully saturated rings. The fourth-order valence-electron chi connectivity index (χ4n) is 2.39. The minimum atomic E-state index is -0.155. The molecule has 2 aromatic carbocycles. The minimum Gasteiger partial charge on any atom is -0.267 e. The topological polar surface area (TPSA) is 47.2 Å². The molecule has 0 spiro atoms. The number of halogens is 1. The predicted octanol–water partition coefficient (Wildman–Crippen LogP) is 3.91. The number of aryl methyl sites for hydroxylation is 2. The van der Waals surface area contributed by atoms with Gasteiger partial charge in [-0.3, -0.25) is 4.79 Å². The average molecular weight is 370 g/mol. The highest BCUT2D eigenvalue weighted by molar-refractivity contribution is 9.10. The Labute approximate surface area is 142 Å². The zero-order chi connectivity index (χ0) is 16.4. The zero-order valence-corrected chi connectivity index (χ0v) is 14.5. The number of aromatic nitrogens is 2. The Morgan fingerprint density at radius 2 is 2.04 bits per heavy atom. The third kappa shape index (κ3) is 3.10. The Morgan fingerprint density at radius 3 is 2.78 bits per heavy atom. The summed E-state index contributed by atoms with van der Waals surface area (Å²) in [5.74, 6) is 0.648. The van der Waals surface area contributed by atoms with Crippen LogP contribution >= 0.6 is 15.9 Å². The predicted molar refractivity (Wildman–Crippen MR) is 97.3 cm³/mol. The SMILES string of the molecule is CCc1nc2ccc(Br)cc2c(=O)n1N=Cc1ccccc1C. The van der Waals surface area contributed by atoms with E-state index in [-0.39, 0.29) is 5.56 Å². The average Bonchev–Trinajstić information content (AvgIpc) is 2.55. The fraction of sp³-hybridized carbons (Fsp3) is 0.167. The van der Waals surface area contributed by atoms with E-state index in [1.807, 2.05) is 50.2 Å². The Bertz CT molecular complexity index is 960. The molecule has 0 radical (unpaired) electrons. The molecular weight excluding hydrogens is 354 g/mol. The first-order chi connectivity index (χ1) is 11.1. The van der Waals surface area contributed by atoms with Gasteiger partial charge in [-0.2, -0.15) is 9.78 Å². The molecule has 1 aromatic heterocycles. The summed E-state index contributed by atoms with van der Waals surface area (Å²) in [7, 11) is 0. The van der Waals surface area contributed by atoms with Crippen LogP contribution in [0.2, 0.25) is 0 Å². The molecule has 0 bridgehead atoms. The van der Waals surface area contributed by atoms with Crippen molar-refractivity contribution in [2.24, 2.45) is 5.10 Å². The van der Waals surface area contributed by atoms with E-state index in [2.05, 4.69) is 26.0 Å². The summed E-state index contributed by atoms with van der Waals surface area (Å²) >= 11 is 3.40. The van der Waals surface area contributed by atoms with Crippen LogP contribution in [0.3, 0.4) is 0 Å². The number of hydrogen-bond acceptors (Lipinski definition) is 3. The van der Waals surface area contributed by atoms with Crippen LogP contribution in [0.5, 0.6) is 0 Å². The van der Waals surface area contributed by atoms with Crippen LogP contribution in [0.25, 0.3) is 10.9 Å². The van der Waals surface area contributed by atoms with E-state index < -0.39 is 0 Å². The second-order valence-electron chi connectivity index (χ2n) is 5.26. The maximum atomic E-state index is 12.8. The number of fused-ring (bicyclic) bond motifs is 1. The molecular formula is C18H16BrN3O. The van der Waals surface area contributed by atoms with E-state index in [0.717, 1.165) is 15.6 Å². The Kier molecular flexibility index (Phi) is 4.39. The molecule has 0 aliphatic heterocycles. The van der Waals surface area contributed by atoms with Gasteiger partial charge in [0.25, 0.3) is 5.56 Å². The zero-order valence-electron chi connectivity index (χ0n) is 13.0. The van der Waals surface area contributed by atoms with Crippen LogP contribution in [0.4, 0.5) is 0 Å². The molecule has 5 heteroatoms. The van der Waals surface area contributed by atoms with Crippen LogP contribution in [0, 0.1) is 6.92 Å². The largest absolute Gasteiger partial charge is 0.282 e. The molecule has 23 heavy (non-hydrogen) atoms. The van der Waals surface area contributed by atoms with Crippen LogP contribution < -0.4 is 5.56 Å². The first kappa shape index (κ1) is 15.6. The van der Waals surface area contributed by atoms with Crippen molar-refractivity contribution in [2.45, 2.75) is 20.3 Å². The van der Waals surface area contributed by atoms with E-state index in [9.17, 15) is 4.79 Å². The van der Waals surface area contributed by atoms with Gasteiger partial charge >= 0.3 is 0 Å². The monoisotopic (exact) mass is 369 g/mol. The highest BCUT2D eigenvalue weighted by atomic mass is 79.9. The first-order valence-corrected chi connectivity index (χ1v) is 8.20. The standard InChI is InChI=1S/C18H16BrN3O/c1-3-17-21-16-9-8-14(19)10-15(16)18(23)22(17)20-11-13-7-5-4-6-12(13)2/h4-11H,3H2,1-2H3. The molecule has 0 N–H and O–H groups in total. The second kappa shape index (κ2) is 6.46. The van der Waals surface area contributed by atoms with Gasteiger partial charge in [0.15, 0.2) is 0 Å². The van der Waals surface area contributed by atoms with Gasteiger partial charge in [-0.25, -0.2) is 4.98 Å². The minimum absolute atomic E-state index is 0.155. The Balaban J connectivity index is 2.18. The third-order valence-electron chi connectivity index (χ3n) is 3.69. The third-order valence-corrected chi connectivity index (χ3v) is 4.19. The van der Waals surface area contributed by atoms with Crippen molar-refractivity contribution in [3.05, 3.63) is 74.2 Å². The van der Waals surface area contributed by atoms with Gasteiger partial charge in [0.1, 0.15) is 5.82 Å².